The molecule has 0 saturated carbocycles. The van der Waals surface area contributed by atoms with Crippen LogP contribution in [0.4, 0.5) is 0 Å². The van der Waals surface area contributed by atoms with Crippen LogP contribution in [0.1, 0.15) is 30.6 Å². The van der Waals surface area contributed by atoms with E-state index in [1.807, 2.05) is 62.4 Å². The molecule has 0 aromatic heterocycles. The Hall–Kier alpha value is -2.88. The zero-order valence-corrected chi connectivity index (χ0v) is 14.5. The van der Waals surface area contributed by atoms with E-state index >= 15 is 0 Å². The Kier molecular flexibility index (Phi) is 4.70. The number of benzene rings is 3. The largest absolute Gasteiger partial charge is 0.368 e. The first-order valence-electron chi connectivity index (χ1n) is 8.53. The summed E-state index contributed by atoms with van der Waals surface area (Å²) in [5.74, 6) is -0.799. The molecule has 4 heteroatoms. The lowest BCUT2D eigenvalue weighted by Gasteiger charge is -2.22. The Morgan fingerprint density at radius 2 is 1.52 bits per heavy atom. The van der Waals surface area contributed by atoms with E-state index in [2.05, 4.69) is 11.4 Å². The maximum Gasteiger partial charge on any atom is 0.253 e. The molecule has 4 nitrogen and oxygen atoms in total. The minimum atomic E-state index is -0.685. The van der Waals surface area contributed by atoms with Gasteiger partial charge in [-0.25, -0.2) is 0 Å². The third-order valence-corrected chi connectivity index (χ3v) is 4.80. The van der Waals surface area contributed by atoms with Crippen LogP contribution in [0, 0.1) is 5.92 Å². The fraction of sp³-hybridized carbons (Fsp3) is 0.238. The molecule has 2 atom stereocenters. The van der Waals surface area contributed by atoms with Crippen molar-refractivity contribution >= 4 is 33.4 Å². The topological polar surface area (TPSA) is 72.2 Å². The average Bonchev–Trinajstić information content (AvgIpc) is 2.62. The lowest BCUT2D eigenvalue weighted by Crippen LogP contribution is -2.48. The van der Waals surface area contributed by atoms with E-state index in [0.29, 0.717) is 5.56 Å². The molecule has 3 aromatic carbocycles. The van der Waals surface area contributed by atoms with Gasteiger partial charge < -0.3 is 11.1 Å². The molecule has 0 unspecified atom stereocenters. The van der Waals surface area contributed by atoms with Gasteiger partial charge in [0.05, 0.1) is 5.56 Å². The van der Waals surface area contributed by atoms with E-state index in [1.165, 1.54) is 0 Å². The van der Waals surface area contributed by atoms with Crippen molar-refractivity contribution in [3.63, 3.8) is 0 Å². The molecule has 0 bridgehead atoms. The zero-order valence-electron chi connectivity index (χ0n) is 14.5. The number of primary amides is 1. The van der Waals surface area contributed by atoms with Gasteiger partial charge >= 0.3 is 0 Å². The molecular weight excluding hydrogens is 312 g/mol. The summed E-state index contributed by atoms with van der Waals surface area (Å²) in [7, 11) is 0. The van der Waals surface area contributed by atoms with Gasteiger partial charge in [-0.15, -0.1) is 0 Å². The van der Waals surface area contributed by atoms with Gasteiger partial charge in [-0.1, -0.05) is 68.8 Å². The molecule has 0 aliphatic rings. The molecule has 0 saturated heterocycles. The fourth-order valence-electron chi connectivity index (χ4n) is 3.20. The summed E-state index contributed by atoms with van der Waals surface area (Å²) >= 11 is 0. The third kappa shape index (κ3) is 3.20. The van der Waals surface area contributed by atoms with E-state index in [0.717, 1.165) is 28.0 Å². The van der Waals surface area contributed by atoms with Gasteiger partial charge in [0.15, 0.2) is 0 Å². The normalized spacial score (nSPS) is 13.5. The summed E-state index contributed by atoms with van der Waals surface area (Å²) in [6, 6.07) is 16.9. The van der Waals surface area contributed by atoms with Gasteiger partial charge in [0.1, 0.15) is 6.04 Å². The molecule has 0 heterocycles. The minimum Gasteiger partial charge on any atom is -0.368 e. The lowest BCUT2D eigenvalue weighted by molar-refractivity contribution is -0.120. The number of carbonyl (C=O) groups excluding carboxylic acids is 2. The van der Waals surface area contributed by atoms with E-state index < -0.39 is 11.9 Å². The van der Waals surface area contributed by atoms with Gasteiger partial charge in [0.25, 0.3) is 5.91 Å². The summed E-state index contributed by atoms with van der Waals surface area (Å²) in [4.78, 5) is 24.9. The molecule has 3 N–H and O–H groups in total. The van der Waals surface area contributed by atoms with Crippen molar-refractivity contribution in [3.8, 4) is 0 Å². The van der Waals surface area contributed by atoms with Crippen LogP contribution in [-0.2, 0) is 4.79 Å². The van der Waals surface area contributed by atoms with Crippen molar-refractivity contribution in [2.45, 2.75) is 26.3 Å². The second-order valence-electron chi connectivity index (χ2n) is 6.43. The molecule has 0 fully saturated rings. The Balaban J connectivity index is 2.15. The highest BCUT2D eigenvalue weighted by Crippen LogP contribution is 2.28. The highest BCUT2D eigenvalue weighted by molar-refractivity contribution is 6.18. The number of rotatable bonds is 5. The van der Waals surface area contributed by atoms with E-state index in [1.54, 1.807) is 0 Å². The highest BCUT2D eigenvalue weighted by atomic mass is 16.2. The number of nitrogens with two attached hydrogens (primary N) is 1. The minimum absolute atomic E-state index is 0.0253. The second-order valence-corrected chi connectivity index (χ2v) is 6.43. The summed E-state index contributed by atoms with van der Waals surface area (Å²) < 4.78 is 0. The van der Waals surface area contributed by atoms with Crippen LogP contribution in [0.25, 0.3) is 21.5 Å². The number of amides is 2. The first-order chi connectivity index (χ1) is 12.0. The Morgan fingerprint density at radius 3 is 2.00 bits per heavy atom. The Morgan fingerprint density at radius 1 is 1.00 bits per heavy atom. The number of hydrogen-bond acceptors (Lipinski definition) is 2. The maximum absolute atomic E-state index is 13.1. The van der Waals surface area contributed by atoms with Crippen molar-refractivity contribution in [2.75, 3.05) is 0 Å². The molecular formula is C21H22N2O2. The SMILES string of the molecule is CC[C@H](C)[C@H](NC(=O)c1c2ccccc2cc2ccccc12)C(N)=O. The Bertz CT molecular complexity index is 895. The van der Waals surface area contributed by atoms with Crippen LogP contribution in [0.3, 0.4) is 0 Å². The molecule has 0 radical (unpaired) electrons. The van der Waals surface area contributed by atoms with Crippen LogP contribution < -0.4 is 11.1 Å². The number of carbonyl (C=O) groups is 2. The van der Waals surface area contributed by atoms with Crippen LogP contribution in [-0.4, -0.2) is 17.9 Å². The van der Waals surface area contributed by atoms with Gasteiger partial charge in [0, 0.05) is 0 Å². The van der Waals surface area contributed by atoms with Crippen LogP contribution >= 0.6 is 0 Å². The Labute approximate surface area is 147 Å². The smallest absolute Gasteiger partial charge is 0.253 e. The van der Waals surface area contributed by atoms with Crippen molar-refractivity contribution in [1.29, 1.82) is 0 Å². The quantitative estimate of drug-likeness (QED) is 0.700. The average molecular weight is 334 g/mol. The van der Waals surface area contributed by atoms with Gasteiger partial charge in [-0.05, 0) is 33.5 Å². The molecule has 3 aromatic rings. The molecule has 3 rings (SSSR count). The van der Waals surface area contributed by atoms with E-state index in [4.69, 9.17) is 5.73 Å². The van der Waals surface area contributed by atoms with E-state index in [-0.39, 0.29) is 11.8 Å². The maximum atomic E-state index is 13.1. The van der Waals surface area contributed by atoms with Crippen molar-refractivity contribution < 1.29 is 9.59 Å². The van der Waals surface area contributed by atoms with Crippen LogP contribution in [0.2, 0.25) is 0 Å². The summed E-state index contributed by atoms with van der Waals surface area (Å²) in [6.07, 6.45) is 0.754. The second kappa shape index (κ2) is 6.93. The molecule has 0 spiro atoms. The summed E-state index contributed by atoms with van der Waals surface area (Å²) in [5.41, 5.74) is 6.10. The zero-order chi connectivity index (χ0) is 18.0. The van der Waals surface area contributed by atoms with Crippen LogP contribution in [0.15, 0.2) is 54.6 Å². The van der Waals surface area contributed by atoms with Gasteiger partial charge in [-0.3, -0.25) is 9.59 Å². The fourth-order valence-corrected chi connectivity index (χ4v) is 3.20. The van der Waals surface area contributed by atoms with Crippen LogP contribution in [0.5, 0.6) is 0 Å². The monoisotopic (exact) mass is 334 g/mol. The summed E-state index contributed by atoms with van der Waals surface area (Å²) in [6.45, 7) is 3.89. The van der Waals surface area contributed by atoms with Crippen molar-refractivity contribution in [1.82, 2.24) is 5.32 Å². The first kappa shape index (κ1) is 17.0. The van der Waals surface area contributed by atoms with Gasteiger partial charge in [0.2, 0.25) is 5.91 Å². The third-order valence-electron chi connectivity index (χ3n) is 4.80. The predicted molar refractivity (Wildman–Crippen MR) is 101 cm³/mol. The molecule has 128 valence electrons. The highest BCUT2D eigenvalue weighted by Gasteiger charge is 2.25. The summed E-state index contributed by atoms with van der Waals surface area (Å²) in [5, 5.41) is 6.57. The standard InChI is InChI=1S/C21H22N2O2/c1-3-13(2)19(20(22)24)23-21(25)18-16-10-6-4-8-14(16)12-15-9-5-7-11-17(15)18/h4-13,19H,3H2,1-2H3,(H2,22,24)(H,23,25)/t13-,19-/m0/s1. The van der Waals surface area contributed by atoms with E-state index in [9.17, 15) is 9.59 Å². The molecule has 0 aliphatic heterocycles. The number of hydrogen-bond donors (Lipinski definition) is 2. The van der Waals surface area contributed by atoms with Crippen molar-refractivity contribution in [3.05, 3.63) is 60.2 Å². The predicted octanol–water partition coefficient (Wildman–Crippen LogP) is 3.62. The number of nitrogens with one attached hydrogen (secondary N) is 1. The number of fused-ring (bicyclic) bond motifs is 2. The molecule has 25 heavy (non-hydrogen) atoms. The molecule has 0 aliphatic carbocycles. The first-order valence-corrected chi connectivity index (χ1v) is 8.53. The molecule has 2 amide bonds. The lowest BCUT2D eigenvalue weighted by atomic mass is 9.94. The van der Waals surface area contributed by atoms with Gasteiger partial charge in [-0.2, -0.15) is 0 Å². The van der Waals surface area contributed by atoms with Crippen molar-refractivity contribution in [2.24, 2.45) is 11.7 Å².